The summed E-state index contributed by atoms with van der Waals surface area (Å²) in [5, 5.41) is 0. The van der Waals surface area contributed by atoms with Gasteiger partial charge in [-0.2, -0.15) is 0 Å². The van der Waals surface area contributed by atoms with Gasteiger partial charge in [-0.3, -0.25) is 0 Å². The van der Waals surface area contributed by atoms with Crippen molar-refractivity contribution in [2.75, 3.05) is 36.2 Å². The highest BCUT2D eigenvalue weighted by Crippen LogP contribution is 2.48. The van der Waals surface area contributed by atoms with Crippen molar-refractivity contribution in [1.29, 1.82) is 0 Å². The molecule has 252 valence electrons. The maximum Gasteiger partial charge on any atom is 0.252 e. The first-order chi connectivity index (χ1) is 24.0. The highest BCUT2D eigenvalue weighted by atomic mass is 16.6. The zero-order chi connectivity index (χ0) is 34.5. The quantitative estimate of drug-likeness (QED) is 0.174. The van der Waals surface area contributed by atoms with Crippen LogP contribution in [0, 0.1) is 6.92 Å². The number of ether oxygens (including phenoxy) is 4. The Bertz CT molecular complexity index is 2180. The van der Waals surface area contributed by atoms with Crippen LogP contribution in [0.1, 0.15) is 58.2 Å². The molecule has 7 heteroatoms. The van der Waals surface area contributed by atoms with E-state index in [0.717, 1.165) is 45.7 Å². The molecule has 0 saturated heterocycles. The lowest BCUT2D eigenvalue weighted by Gasteiger charge is -2.45. The Kier molecular flexibility index (Phi) is 6.81. The Balaban J connectivity index is 1.35. The molecule has 4 heterocycles. The Labute approximate surface area is 295 Å². The van der Waals surface area contributed by atoms with Crippen LogP contribution in [0.2, 0.25) is 0 Å². The van der Waals surface area contributed by atoms with Crippen molar-refractivity contribution in [1.82, 2.24) is 0 Å². The average Bonchev–Trinajstić information content (AvgIpc) is 3.09. The molecule has 0 saturated carbocycles. The monoisotopic (exact) mass is 662 g/mol. The van der Waals surface area contributed by atoms with Gasteiger partial charge in [0.2, 0.25) is 0 Å². The zero-order valence-corrected chi connectivity index (χ0v) is 30.0. The molecule has 5 aromatic rings. The third kappa shape index (κ3) is 4.85. The summed E-state index contributed by atoms with van der Waals surface area (Å²) in [6.07, 6.45) is 0. The molecule has 0 atom stereocenters. The van der Waals surface area contributed by atoms with Crippen molar-refractivity contribution in [3.8, 4) is 23.0 Å². The SMILES string of the molecule is Cc1cc2c3c(c1)N(c1ccc4c(c1)OCCO4)c1cc4c(cc1B3c1cc(C(C)(C)C)ccc1N2c1ccc(C(C)(C)C)cc1)OCCO4. The van der Waals surface area contributed by atoms with Gasteiger partial charge in [-0.1, -0.05) is 65.8 Å². The standard InChI is InChI=1S/C43H43BN2O4/c1-26-20-35-41-36(21-26)46(30-13-15-37-38(23-30)48-17-16-47-37)34-25-40-39(49-18-19-50-40)24-32(34)44(41)31-22-28(43(5,6)7)10-14-33(31)45(35)29-11-8-27(9-12-29)42(2,3)4/h8-15,20-25H,16-19H2,1-7H3. The van der Waals surface area contributed by atoms with Crippen LogP contribution in [0.25, 0.3) is 0 Å². The molecule has 0 aromatic heterocycles. The number of benzene rings is 5. The molecular formula is C43H43BN2O4. The molecule has 4 aliphatic heterocycles. The van der Waals surface area contributed by atoms with Crippen LogP contribution in [-0.2, 0) is 10.8 Å². The minimum absolute atomic E-state index is 0.0217. The average molecular weight is 663 g/mol. The number of anilines is 6. The van der Waals surface area contributed by atoms with Crippen molar-refractivity contribution in [3.05, 3.63) is 102 Å². The first-order valence-corrected chi connectivity index (χ1v) is 17.8. The maximum absolute atomic E-state index is 6.26. The second-order valence-electron chi connectivity index (χ2n) is 16.0. The highest BCUT2D eigenvalue weighted by Gasteiger charge is 2.45. The Morgan fingerprint density at radius 1 is 0.480 bits per heavy atom. The van der Waals surface area contributed by atoms with Crippen molar-refractivity contribution in [3.63, 3.8) is 0 Å². The predicted octanol–water partition coefficient (Wildman–Crippen LogP) is 8.22. The third-order valence-electron chi connectivity index (χ3n) is 10.5. The molecule has 0 spiro atoms. The fourth-order valence-electron chi connectivity index (χ4n) is 7.98. The lowest BCUT2D eigenvalue weighted by atomic mass is 9.33. The van der Waals surface area contributed by atoms with E-state index in [1.807, 2.05) is 6.07 Å². The van der Waals surface area contributed by atoms with Gasteiger partial charge in [0.15, 0.2) is 23.0 Å². The van der Waals surface area contributed by atoms with E-state index < -0.39 is 0 Å². The van der Waals surface area contributed by atoms with E-state index in [9.17, 15) is 0 Å². The summed E-state index contributed by atoms with van der Waals surface area (Å²) in [5.41, 5.74) is 14.4. The summed E-state index contributed by atoms with van der Waals surface area (Å²) in [7, 11) is 0. The van der Waals surface area contributed by atoms with Crippen molar-refractivity contribution >= 4 is 57.2 Å². The number of hydrogen-bond donors (Lipinski definition) is 0. The fraction of sp³-hybridized carbons (Fsp3) is 0.302. The van der Waals surface area contributed by atoms with Crippen molar-refractivity contribution in [2.45, 2.75) is 59.3 Å². The van der Waals surface area contributed by atoms with Gasteiger partial charge < -0.3 is 28.7 Å². The zero-order valence-electron chi connectivity index (χ0n) is 30.0. The largest absolute Gasteiger partial charge is 0.486 e. The van der Waals surface area contributed by atoms with E-state index in [2.05, 4.69) is 137 Å². The van der Waals surface area contributed by atoms with Crippen molar-refractivity contribution in [2.24, 2.45) is 0 Å². The molecular weight excluding hydrogens is 619 g/mol. The molecule has 0 radical (unpaired) electrons. The van der Waals surface area contributed by atoms with E-state index in [0.29, 0.717) is 26.4 Å². The molecule has 0 fully saturated rings. The van der Waals surface area contributed by atoms with Crippen LogP contribution >= 0.6 is 0 Å². The smallest absolute Gasteiger partial charge is 0.252 e. The molecule has 4 aliphatic rings. The van der Waals surface area contributed by atoms with Gasteiger partial charge in [0, 0.05) is 40.6 Å². The number of fused-ring (bicyclic) bond motifs is 6. The number of aryl methyl sites for hydroxylation is 1. The minimum Gasteiger partial charge on any atom is -0.486 e. The molecule has 0 unspecified atom stereocenters. The van der Waals surface area contributed by atoms with Gasteiger partial charge in [0.25, 0.3) is 6.71 Å². The Hall–Kier alpha value is -5.04. The molecule has 0 bridgehead atoms. The molecule has 0 aliphatic carbocycles. The van der Waals surface area contributed by atoms with Gasteiger partial charge in [0.05, 0.1) is 5.69 Å². The molecule has 6 nitrogen and oxygen atoms in total. The van der Waals surface area contributed by atoms with E-state index in [4.69, 9.17) is 18.9 Å². The first kappa shape index (κ1) is 31.0. The summed E-state index contributed by atoms with van der Waals surface area (Å²) in [6, 6.07) is 31.6. The van der Waals surface area contributed by atoms with Crippen LogP contribution in [0.4, 0.5) is 34.1 Å². The summed E-state index contributed by atoms with van der Waals surface area (Å²) >= 11 is 0. The topological polar surface area (TPSA) is 43.4 Å². The lowest BCUT2D eigenvalue weighted by Crippen LogP contribution is -2.61. The van der Waals surface area contributed by atoms with Crippen LogP contribution in [-0.4, -0.2) is 33.1 Å². The van der Waals surface area contributed by atoms with Gasteiger partial charge in [-0.05, 0) is 99.4 Å². The van der Waals surface area contributed by atoms with E-state index in [1.165, 1.54) is 44.5 Å². The molecule has 9 rings (SSSR count). The van der Waals surface area contributed by atoms with Gasteiger partial charge in [-0.25, -0.2) is 0 Å². The molecule has 0 amide bonds. The van der Waals surface area contributed by atoms with Crippen LogP contribution in [0.3, 0.4) is 0 Å². The third-order valence-corrected chi connectivity index (χ3v) is 10.5. The summed E-state index contributed by atoms with van der Waals surface area (Å²) in [6.45, 7) is 18.0. The normalized spacial score (nSPS) is 15.7. The van der Waals surface area contributed by atoms with Gasteiger partial charge in [-0.15, -0.1) is 0 Å². The molecule has 50 heavy (non-hydrogen) atoms. The summed E-state index contributed by atoms with van der Waals surface area (Å²) < 4.78 is 24.5. The van der Waals surface area contributed by atoms with Gasteiger partial charge in [0.1, 0.15) is 26.4 Å². The minimum atomic E-state index is -0.0257. The Morgan fingerprint density at radius 2 is 1.00 bits per heavy atom. The molecule has 0 N–H and O–H groups in total. The number of rotatable bonds is 2. The second-order valence-corrected chi connectivity index (χ2v) is 16.0. The van der Waals surface area contributed by atoms with Crippen LogP contribution < -0.4 is 45.1 Å². The van der Waals surface area contributed by atoms with E-state index >= 15 is 0 Å². The molecule has 5 aromatic carbocycles. The predicted molar refractivity (Wildman–Crippen MR) is 205 cm³/mol. The first-order valence-electron chi connectivity index (χ1n) is 17.8. The maximum atomic E-state index is 6.26. The van der Waals surface area contributed by atoms with E-state index in [1.54, 1.807) is 0 Å². The summed E-state index contributed by atoms with van der Waals surface area (Å²) in [5.74, 6) is 3.10. The van der Waals surface area contributed by atoms with E-state index in [-0.39, 0.29) is 17.5 Å². The Morgan fingerprint density at radius 3 is 1.64 bits per heavy atom. The van der Waals surface area contributed by atoms with Gasteiger partial charge >= 0.3 is 0 Å². The summed E-state index contributed by atoms with van der Waals surface area (Å²) in [4.78, 5) is 4.86. The highest BCUT2D eigenvalue weighted by molar-refractivity contribution is 7.00. The number of nitrogens with zero attached hydrogens (tertiary/aromatic N) is 2. The lowest BCUT2D eigenvalue weighted by molar-refractivity contribution is 0.171. The van der Waals surface area contributed by atoms with Crippen LogP contribution in [0.5, 0.6) is 23.0 Å². The van der Waals surface area contributed by atoms with Crippen LogP contribution in [0.15, 0.2) is 84.9 Å². The fourth-order valence-corrected chi connectivity index (χ4v) is 7.98. The van der Waals surface area contributed by atoms with Crippen molar-refractivity contribution < 1.29 is 18.9 Å². The second kappa shape index (κ2) is 11.0. The number of hydrogen-bond acceptors (Lipinski definition) is 6.